The Morgan fingerprint density at radius 3 is 1.67 bits per heavy atom. The fourth-order valence-corrected chi connectivity index (χ4v) is 4.06. The van der Waals surface area contributed by atoms with Crippen molar-refractivity contribution in [2.45, 2.75) is 116 Å². The fraction of sp³-hybridized carbons (Fsp3) is 0.750. The molecule has 0 N–H and O–H groups in total. The van der Waals surface area contributed by atoms with Crippen LogP contribution in [-0.2, 0) is 23.0 Å². The Morgan fingerprint density at radius 2 is 1.27 bits per heavy atom. The first-order chi connectivity index (χ1) is 13.8. The van der Waals surface area contributed by atoms with Crippen molar-refractivity contribution < 1.29 is 47.3 Å². The maximum atomic E-state index is 11.4. The number of benzene rings is 1. The third-order valence-corrected chi connectivity index (χ3v) is 6.99. The molecular weight excluding hydrogens is 407 g/mol. The quantitative estimate of drug-likeness (QED) is 0.221. The Kier molecular flexibility index (Phi) is 16.5. The minimum absolute atomic E-state index is 0. The molecule has 0 spiro atoms. The average Bonchev–Trinajstić information content (AvgIpc) is 2.68. The third kappa shape index (κ3) is 11.5. The molecule has 0 heterocycles. The smallest absolute Gasteiger partial charge is 0.748 e. The van der Waals surface area contributed by atoms with E-state index in [-0.39, 0.29) is 29.6 Å². The minimum Gasteiger partial charge on any atom is -0.748 e. The molecule has 0 bridgehead atoms. The van der Waals surface area contributed by atoms with Crippen molar-refractivity contribution in [2.24, 2.45) is 0 Å². The standard InChI is InChI=1S/C24H42O4S.Na/c1-5-7-9-11-13-16-22-18-15-19-23(17-14-12-10-8-6-2)24(22)28-20(3)21(4)29(25,26)27;/h15,18-21H,5-14,16-17H2,1-4H3,(H,25,26,27);/q;+1/p-1. The predicted molar refractivity (Wildman–Crippen MR) is 121 cm³/mol. The molecule has 2 unspecified atom stereocenters. The molecule has 0 radical (unpaired) electrons. The van der Waals surface area contributed by atoms with Crippen molar-refractivity contribution in [1.82, 2.24) is 0 Å². The molecule has 0 aliphatic carbocycles. The van der Waals surface area contributed by atoms with E-state index < -0.39 is 21.5 Å². The van der Waals surface area contributed by atoms with Crippen molar-refractivity contribution in [3.8, 4) is 5.75 Å². The zero-order chi connectivity index (χ0) is 21.7. The Hall–Kier alpha value is -0.0700. The first kappa shape index (κ1) is 29.9. The normalized spacial score (nSPS) is 13.5. The number of hydrogen-bond donors (Lipinski definition) is 0. The largest absolute Gasteiger partial charge is 1.00 e. The Labute approximate surface area is 207 Å². The average molecular weight is 449 g/mol. The molecule has 168 valence electrons. The van der Waals surface area contributed by atoms with E-state index in [1.807, 2.05) is 0 Å². The second-order valence-electron chi connectivity index (χ2n) is 8.25. The molecule has 4 nitrogen and oxygen atoms in total. The SMILES string of the molecule is CCCCCCCc1cccc(CCCCCCC)c1OC(C)C(C)S(=O)(=O)[O-].[Na+]. The molecule has 1 aromatic carbocycles. The van der Waals surface area contributed by atoms with Gasteiger partial charge in [0, 0.05) is 0 Å². The van der Waals surface area contributed by atoms with E-state index >= 15 is 0 Å². The van der Waals surface area contributed by atoms with E-state index in [4.69, 9.17) is 4.74 Å². The van der Waals surface area contributed by atoms with Crippen molar-refractivity contribution >= 4 is 10.1 Å². The first-order valence-corrected chi connectivity index (χ1v) is 13.0. The summed E-state index contributed by atoms with van der Waals surface area (Å²) in [6.07, 6.45) is 13.2. The number of para-hydroxylation sites is 1. The van der Waals surface area contributed by atoms with Crippen LogP contribution in [0.3, 0.4) is 0 Å². The van der Waals surface area contributed by atoms with Gasteiger partial charge in [0.15, 0.2) is 0 Å². The molecule has 1 aromatic rings. The van der Waals surface area contributed by atoms with E-state index in [0.717, 1.165) is 42.6 Å². The van der Waals surface area contributed by atoms with E-state index in [1.54, 1.807) is 6.92 Å². The molecule has 6 heteroatoms. The van der Waals surface area contributed by atoms with Crippen LogP contribution in [0.15, 0.2) is 18.2 Å². The van der Waals surface area contributed by atoms with Gasteiger partial charge in [-0.15, -0.1) is 0 Å². The van der Waals surface area contributed by atoms with Crippen LogP contribution in [0.2, 0.25) is 0 Å². The molecule has 1 rings (SSSR count). The molecule has 0 fully saturated rings. The number of unbranched alkanes of at least 4 members (excludes halogenated alkanes) is 8. The summed E-state index contributed by atoms with van der Waals surface area (Å²) in [6, 6.07) is 6.24. The van der Waals surface area contributed by atoms with Crippen LogP contribution in [0.25, 0.3) is 0 Å². The zero-order valence-electron chi connectivity index (χ0n) is 19.9. The molecule has 0 aliphatic rings. The van der Waals surface area contributed by atoms with E-state index in [2.05, 4.69) is 32.0 Å². The monoisotopic (exact) mass is 448 g/mol. The topological polar surface area (TPSA) is 66.4 Å². The minimum atomic E-state index is -4.38. The van der Waals surface area contributed by atoms with Crippen LogP contribution in [-0.4, -0.2) is 24.3 Å². The van der Waals surface area contributed by atoms with E-state index in [1.165, 1.54) is 58.3 Å². The van der Waals surface area contributed by atoms with Crippen LogP contribution < -0.4 is 34.3 Å². The summed E-state index contributed by atoms with van der Waals surface area (Å²) in [5.74, 6) is 0.807. The fourth-order valence-electron chi connectivity index (χ4n) is 3.54. The Balaban J connectivity index is 0.00000841. The van der Waals surface area contributed by atoms with Gasteiger partial charge < -0.3 is 9.29 Å². The number of rotatable bonds is 16. The van der Waals surface area contributed by atoms with E-state index in [0.29, 0.717) is 0 Å². The molecule has 0 aliphatic heterocycles. The van der Waals surface area contributed by atoms with E-state index in [9.17, 15) is 13.0 Å². The number of aryl methyl sites for hydroxylation is 2. The van der Waals surface area contributed by atoms with Gasteiger partial charge in [0.1, 0.15) is 22.0 Å². The molecule has 0 saturated carbocycles. The maximum Gasteiger partial charge on any atom is 1.00 e. The molecule has 2 atom stereocenters. The van der Waals surface area contributed by atoms with Gasteiger partial charge in [0.25, 0.3) is 0 Å². The second kappa shape index (κ2) is 16.5. The van der Waals surface area contributed by atoms with Crippen LogP contribution >= 0.6 is 0 Å². The predicted octanol–water partition coefficient (Wildman–Crippen LogP) is 3.42. The number of ether oxygens (including phenoxy) is 1. The number of hydrogen-bond acceptors (Lipinski definition) is 4. The molecule has 0 saturated heterocycles. The van der Waals surface area contributed by atoms with Crippen LogP contribution in [0.1, 0.15) is 103 Å². The molecule has 0 amide bonds. The van der Waals surface area contributed by atoms with Crippen LogP contribution in [0.5, 0.6) is 5.75 Å². The van der Waals surface area contributed by atoms with Gasteiger partial charge in [0.2, 0.25) is 0 Å². The summed E-state index contributed by atoms with van der Waals surface area (Å²) in [5, 5.41) is -1.07. The molecular formula is C24H41NaO4S. The first-order valence-electron chi connectivity index (χ1n) is 11.5. The van der Waals surface area contributed by atoms with Crippen LogP contribution in [0, 0.1) is 0 Å². The Morgan fingerprint density at radius 1 is 0.833 bits per heavy atom. The van der Waals surface area contributed by atoms with Gasteiger partial charge in [-0.1, -0.05) is 83.4 Å². The summed E-state index contributed by atoms with van der Waals surface area (Å²) < 4.78 is 40.5. The Bertz CT molecular complexity index is 644. The van der Waals surface area contributed by atoms with Crippen molar-refractivity contribution in [3.05, 3.63) is 29.3 Å². The van der Waals surface area contributed by atoms with Gasteiger partial charge in [0.05, 0.1) is 5.25 Å². The second-order valence-corrected chi connectivity index (χ2v) is 9.98. The van der Waals surface area contributed by atoms with Crippen molar-refractivity contribution in [3.63, 3.8) is 0 Å². The van der Waals surface area contributed by atoms with Gasteiger partial charge in [-0.05, 0) is 50.7 Å². The van der Waals surface area contributed by atoms with Gasteiger partial charge in [-0.2, -0.15) is 0 Å². The molecule has 30 heavy (non-hydrogen) atoms. The maximum absolute atomic E-state index is 11.4. The summed E-state index contributed by atoms with van der Waals surface area (Å²) >= 11 is 0. The molecule has 0 aromatic heterocycles. The zero-order valence-corrected chi connectivity index (χ0v) is 22.7. The van der Waals surface area contributed by atoms with Crippen molar-refractivity contribution in [1.29, 1.82) is 0 Å². The van der Waals surface area contributed by atoms with Gasteiger partial charge in [-0.3, -0.25) is 0 Å². The van der Waals surface area contributed by atoms with Crippen molar-refractivity contribution in [2.75, 3.05) is 0 Å². The third-order valence-electron chi connectivity index (χ3n) is 5.70. The van der Waals surface area contributed by atoms with Gasteiger partial charge in [-0.25, -0.2) is 8.42 Å². The van der Waals surface area contributed by atoms with Gasteiger partial charge >= 0.3 is 29.6 Å². The summed E-state index contributed by atoms with van der Waals surface area (Å²) in [5.41, 5.74) is 2.27. The summed E-state index contributed by atoms with van der Waals surface area (Å²) in [6.45, 7) is 7.54. The summed E-state index contributed by atoms with van der Waals surface area (Å²) in [4.78, 5) is 0. The summed E-state index contributed by atoms with van der Waals surface area (Å²) in [7, 11) is -4.38. The van der Waals surface area contributed by atoms with Crippen LogP contribution in [0.4, 0.5) is 0 Å².